The monoisotopic (exact) mass is 282 g/mol. The van der Waals surface area contributed by atoms with Crippen LogP contribution >= 0.6 is 11.8 Å². The van der Waals surface area contributed by atoms with Gasteiger partial charge in [-0.1, -0.05) is 18.7 Å². The minimum absolute atomic E-state index is 0.0401. The Morgan fingerprint density at radius 2 is 2.37 bits per heavy atom. The highest BCUT2D eigenvalue weighted by Crippen LogP contribution is 2.28. The van der Waals surface area contributed by atoms with Gasteiger partial charge in [0.15, 0.2) is 0 Å². The maximum atomic E-state index is 10.9. The number of nitrogens with one attached hydrogen (secondary N) is 2. The molecule has 10 nitrogen and oxygen atoms in total. The molecule has 0 fully saturated rings. The Bertz CT molecular complexity index is 600. The molecule has 2 aromatic rings. The van der Waals surface area contributed by atoms with E-state index < -0.39 is 10.6 Å². The average Bonchev–Trinajstić information content (AvgIpc) is 2.76. The van der Waals surface area contributed by atoms with Crippen LogP contribution in [0.5, 0.6) is 0 Å². The number of nitrogen functional groups attached to an aromatic ring is 1. The van der Waals surface area contributed by atoms with E-state index in [-0.39, 0.29) is 17.6 Å². The summed E-state index contributed by atoms with van der Waals surface area (Å²) in [4.78, 5) is 21.7. The molecule has 2 rings (SSSR count). The Hall–Kier alpha value is -2.43. The first-order valence-corrected chi connectivity index (χ1v) is 6.17. The number of aromatic nitrogens is 5. The van der Waals surface area contributed by atoms with Gasteiger partial charge < -0.3 is 11.1 Å². The highest BCUT2D eigenvalue weighted by Gasteiger charge is 2.21. The molecular weight excluding hydrogens is 272 g/mol. The summed E-state index contributed by atoms with van der Waals surface area (Å²) >= 11 is 1.44. The van der Waals surface area contributed by atoms with Crippen LogP contribution in [0.15, 0.2) is 11.5 Å². The van der Waals surface area contributed by atoms with Gasteiger partial charge in [-0.15, -0.1) is 5.10 Å². The predicted octanol–water partition coefficient (Wildman–Crippen LogP) is 0.941. The topological polar surface area (TPSA) is 149 Å². The lowest BCUT2D eigenvalue weighted by molar-refractivity contribution is -0.383. The number of thioether (sulfide) groups is 1. The van der Waals surface area contributed by atoms with Crippen molar-refractivity contribution < 1.29 is 4.92 Å². The average molecular weight is 282 g/mol. The van der Waals surface area contributed by atoms with Crippen molar-refractivity contribution in [1.82, 2.24) is 25.1 Å². The van der Waals surface area contributed by atoms with E-state index in [1.807, 2.05) is 6.92 Å². The van der Waals surface area contributed by atoms with Crippen LogP contribution in [0.3, 0.4) is 0 Å². The normalized spacial score (nSPS) is 10.4. The molecule has 11 heteroatoms. The molecule has 4 N–H and O–H groups in total. The molecular formula is C8H10N8O2S. The Balaban J connectivity index is 2.27. The third-order valence-electron chi connectivity index (χ3n) is 2.01. The number of anilines is 3. The zero-order chi connectivity index (χ0) is 13.8. The number of rotatable bonds is 5. The second-order valence-electron chi connectivity index (χ2n) is 3.24. The molecule has 0 aliphatic carbocycles. The molecule has 0 spiro atoms. The van der Waals surface area contributed by atoms with Gasteiger partial charge in [0, 0.05) is 0 Å². The molecule has 0 radical (unpaired) electrons. The van der Waals surface area contributed by atoms with Crippen LogP contribution in [-0.4, -0.2) is 35.8 Å². The fourth-order valence-corrected chi connectivity index (χ4v) is 1.80. The third-order valence-corrected chi connectivity index (χ3v) is 2.74. The van der Waals surface area contributed by atoms with Crippen molar-refractivity contribution in [3.05, 3.63) is 16.4 Å². The number of hydrogen-bond donors (Lipinski definition) is 3. The minimum atomic E-state index is -0.657. The van der Waals surface area contributed by atoms with Gasteiger partial charge in [0.1, 0.15) is 6.33 Å². The number of H-pyrrole nitrogens is 1. The molecule has 2 aromatic heterocycles. The second kappa shape index (κ2) is 5.48. The molecule has 0 saturated carbocycles. The van der Waals surface area contributed by atoms with E-state index in [1.165, 1.54) is 11.8 Å². The fraction of sp³-hybridized carbons (Fsp3) is 0.250. The minimum Gasteiger partial charge on any atom is -0.378 e. The van der Waals surface area contributed by atoms with Crippen molar-refractivity contribution >= 4 is 35.0 Å². The molecule has 19 heavy (non-hydrogen) atoms. The van der Waals surface area contributed by atoms with Crippen molar-refractivity contribution in [2.24, 2.45) is 0 Å². The Morgan fingerprint density at radius 3 is 3.05 bits per heavy atom. The predicted molar refractivity (Wildman–Crippen MR) is 69.2 cm³/mol. The van der Waals surface area contributed by atoms with Gasteiger partial charge in [0.25, 0.3) is 0 Å². The van der Waals surface area contributed by atoms with Crippen LogP contribution in [-0.2, 0) is 0 Å². The molecule has 0 aromatic carbocycles. The van der Waals surface area contributed by atoms with E-state index in [2.05, 4.69) is 30.5 Å². The highest BCUT2D eigenvalue weighted by molar-refractivity contribution is 7.99. The van der Waals surface area contributed by atoms with Crippen LogP contribution in [0.4, 0.5) is 23.3 Å². The highest BCUT2D eigenvalue weighted by atomic mass is 32.2. The van der Waals surface area contributed by atoms with E-state index in [0.29, 0.717) is 5.16 Å². The van der Waals surface area contributed by atoms with Gasteiger partial charge in [-0.2, -0.15) is 4.98 Å². The Kier molecular flexibility index (Phi) is 3.75. The summed E-state index contributed by atoms with van der Waals surface area (Å²) in [5, 5.41) is 20.6. The maximum Gasteiger partial charge on any atom is 0.353 e. The van der Waals surface area contributed by atoms with Gasteiger partial charge in [-0.25, -0.2) is 15.1 Å². The first-order valence-electron chi connectivity index (χ1n) is 5.19. The number of nitro groups is 1. The maximum absolute atomic E-state index is 10.9. The molecule has 0 aliphatic rings. The van der Waals surface area contributed by atoms with Crippen molar-refractivity contribution in [3.8, 4) is 0 Å². The summed E-state index contributed by atoms with van der Waals surface area (Å²) < 4.78 is 0. The lowest BCUT2D eigenvalue weighted by Gasteiger charge is -2.03. The summed E-state index contributed by atoms with van der Waals surface area (Å²) in [5.74, 6) is 0.807. The second-order valence-corrected chi connectivity index (χ2v) is 4.47. The standard InChI is InChI=1S/C8H10N8O2S/c1-2-19-8-13-7(14-15-8)12-6-4(16(17)18)5(9)10-3-11-6/h3H,2H2,1H3,(H4,9,10,11,12,13,14,15). The fourth-order valence-electron chi connectivity index (χ4n) is 1.27. The molecule has 0 aliphatic heterocycles. The molecule has 2 heterocycles. The van der Waals surface area contributed by atoms with Crippen LogP contribution in [0.25, 0.3) is 0 Å². The Labute approximate surface area is 111 Å². The SMILES string of the molecule is CCSc1n[nH]c(Nc2ncnc(N)c2[N+](=O)[O-])n1. The van der Waals surface area contributed by atoms with Gasteiger partial charge in [-0.05, 0) is 5.75 Å². The number of nitrogens with two attached hydrogens (primary N) is 1. The molecule has 0 unspecified atom stereocenters. The van der Waals surface area contributed by atoms with E-state index in [1.54, 1.807) is 0 Å². The van der Waals surface area contributed by atoms with E-state index in [9.17, 15) is 10.1 Å². The van der Waals surface area contributed by atoms with Gasteiger partial charge in [0.05, 0.1) is 4.92 Å². The quantitative estimate of drug-likeness (QED) is 0.413. The van der Waals surface area contributed by atoms with Gasteiger partial charge in [-0.3, -0.25) is 10.1 Å². The molecule has 0 amide bonds. The van der Waals surface area contributed by atoms with Crippen LogP contribution < -0.4 is 11.1 Å². The van der Waals surface area contributed by atoms with Crippen LogP contribution in [0.2, 0.25) is 0 Å². The van der Waals surface area contributed by atoms with Crippen molar-refractivity contribution in [3.63, 3.8) is 0 Å². The van der Waals surface area contributed by atoms with Gasteiger partial charge >= 0.3 is 5.69 Å². The summed E-state index contributed by atoms with van der Waals surface area (Å²) in [6, 6.07) is 0. The van der Waals surface area contributed by atoms with Crippen LogP contribution in [0, 0.1) is 10.1 Å². The zero-order valence-electron chi connectivity index (χ0n) is 9.82. The molecule has 0 bridgehead atoms. The lowest BCUT2D eigenvalue weighted by Crippen LogP contribution is -2.05. The smallest absolute Gasteiger partial charge is 0.353 e. The zero-order valence-corrected chi connectivity index (χ0v) is 10.6. The van der Waals surface area contributed by atoms with Gasteiger partial charge in [0.2, 0.25) is 22.7 Å². The summed E-state index contributed by atoms with van der Waals surface area (Å²) in [5.41, 5.74) is 5.05. The van der Waals surface area contributed by atoms with E-state index in [4.69, 9.17) is 5.73 Å². The summed E-state index contributed by atoms with van der Waals surface area (Å²) in [6.07, 6.45) is 1.13. The lowest BCUT2D eigenvalue weighted by atomic mass is 10.4. The number of aromatic amines is 1. The summed E-state index contributed by atoms with van der Waals surface area (Å²) in [6.45, 7) is 1.96. The third kappa shape index (κ3) is 2.88. The van der Waals surface area contributed by atoms with E-state index in [0.717, 1.165) is 12.1 Å². The number of hydrogen-bond acceptors (Lipinski definition) is 9. The molecule has 100 valence electrons. The summed E-state index contributed by atoms with van der Waals surface area (Å²) in [7, 11) is 0. The first kappa shape index (κ1) is 13.0. The Morgan fingerprint density at radius 1 is 1.58 bits per heavy atom. The molecule has 0 atom stereocenters. The van der Waals surface area contributed by atoms with E-state index >= 15 is 0 Å². The first-order chi connectivity index (χ1) is 9.11. The largest absolute Gasteiger partial charge is 0.378 e. The van der Waals surface area contributed by atoms with Crippen molar-refractivity contribution in [2.75, 3.05) is 16.8 Å². The van der Waals surface area contributed by atoms with Crippen LogP contribution in [0.1, 0.15) is 6.92 Å². The van der Waals surface area contributed by atoms with Crippen molar-refractivity contribution in [1.29, 1.82) is 0 Å². The number of nitrogens with zero attached hydrogens (tertiary/aromatic N) is 5. The van der Waals surface area contributed by atoms with Crippen molar-refractivity contribution in [2.45, 2.75) is 12.1 Å². The molecule has 0 saturated heterocycles.